The highest BCUT2D eigenvalue weighted by Gasteiger charge is 2.12. The van der Waals surface area contributed by atoms with Gasteiger partial charge in [0.2, 0.25) is 0 Å². The SMILES string of the molecule is N#Cc1nsc(-c2ccc(Cl)cc2)c1Cl. The molecule has 1 aromatic carbocycles. The molecule has 0 N–H and O–H groups in total. The summed E-state index contributed by atoms with van der Waals surface area (Å²) in [5.41, 5.74) is 1.19. The first kappa shape index (κ1) is 10.4. The number of nitriles is 1. The second kappa shape index (κ2) is 4.19. The number of hydrogen-bond donors (Lipinski definition) is 0. The van der Waals surface area contributed by atoms with Gasteiger partial charge in [0, 0.05) is 5.02 Å². The first-order valence-electron chi connectivity index (χ1n) is 4.03. The van der Waals surface area contributed by atoms with E-state index in [-0.39, 0.29) is 5.69 Å². The van der Waals surface area contributed by atoms with Gasteiger partial charge in [0.15, 0.2) is 5.69 Å². The minimum atomic E-state index is 0.270. The molecule has 0 bridgehead atoms. The third kappa shape index (κ3) is 1.98. The highest BCUT2D eigenvalue weighted by molar-refractivity contribution is 7.10. The molecule has 0 amide bonds. The summed E-state index contributed by atoms with van der Waals surface area (Å²) in [5, 5.41) is 9.79. The van der Waals surface area contributed by atoms with Gasteiger partial charge in [-0.05, 0) is 29.2 Å². The standard InChI is InChI=1S/C10H4Cl2N2S/c11-7-3-1-6(2-4-7)10-9(12)8(5-13)14-15-10/h1-4H. The van der Waals surface area contributed by atoms with Crippen LogP contribution in [0.1, 0.15) is 5.69 Å². The highest BCUT2D eigenvalue weighted by Crippen LogP contribution is 2.34. The number of hydrogen-bond acceptors (Lipinski definition) is 3. The van der Waals surface area contributed by atoms with Crippen LogP contribution in [-0.2, 0) is 0 Å². The van der Waals surface area contributed by atoms with Crippen LogP contribution in [0.15, 0.2) is 24.3 Å². The zero-order valence-corrected chi connectivity index (χ0v) is 9.70. The first-order chi connectivity index (χ1) is 7.22. The third-order valence-corrected chi connectivity index (χ3v) is 3.48. The molecule has 0 aliphatic rings. The molecule has 0 radical (unpaired) electrons. The zero-order chi connectivity index (χ0) is 10.8. The minimum absolute atomic E-state index is 0.270. The maximum atomic E-state index is 8.71. The number of nitrogens with zero attached hydrogens (tertiary/aromatic N) is 2. The van der Waals surface area contributed by atoms with Crippen molar-refractivity contribution in [2.24, 2.45) is 0 Å². The van der Waals surface area contributed by atoms with Crippen LogP contribution in [0, 0.1) is 11.3 Å². The van der Waals surface area contributed by atoms with E-state index in [0.29, 0.717) is 10.0 Å². The largest absolute Gasteiger partial charge is 0.191 e. The van der Waals surface area contributed by atoms with Crippen LogP contribution in [-0.4, -0.2) is 4.37 Å². The molecule has 1 aromatic heterocycles. The summed E-state index contributed by atoms with van der Waals surface area (Å²) < 4.78 is 3.95. The summed E-state index contributed by atoms with van der Waals surface area (Å²) in [6.45, 7) is 0. The van der Waals surface area contributed by atoms with Gasteiger partial charge in [-0.3, -0.25) is 0 Å². The number of rotatable bonds is 1. The molecule has 5 heteroatoms. The van der Waals surface area contributed by atoms with Crippen LogP contribution in [0.2, 0.25) is 10.0 Å². The maximum absolute atomic E-state index is 8.71. The van der Waals surface area contributed by atoms with E-state index in [2.05, 4.69) is 4.37 Å². The smallest absolute Gasteiger partial charge is 0.173 e. The van der Waals surface area contributed by atoms with Crippen molar-refractivity contribution in [3.63, 3.8) is 0 Å². The van der Waals surface area contributed by atoms with E-state index < -0.39 is 0 Å². The van der Waals surface area contributed by atoms with Crippen molar-refractivity contribution < 1.29 is 0 Å². The molecular weight excluding hydrogens is 251 g/mol. The molecule has 74 valence electrons. The Labute approximate surface area is 101 Å². The Kier molecular flexibility index (Phi) is 2.92. The number of halogens is 2. The number of aromatic nitrogens is 1. The predicted octanol–water partition coefficient (Wildman–Crippen LogP) is 3.99. The lowest BCUT2D eigenvalue weighted by Gasteiger charge is -1.97. The lowest BCUT2D eigenvalue weighted by atomic mass is 10.2. The number of benzene rings is 1. The molecule has 0 saturated carbocycles. The van der Waals surface area contributed by atoms with E-state index in [1.807, 2.05) is 18.2 Å². The Morgan fingerprint density at radius 1 is 1.20 bits per heavy atom. The fraction of sp³-hybridized carbons (Fsp3) is 0. The van der Waals surface area contributed by atoms with E-state index >= 15 is 0 Å². The normalized spacial score (nSPS) is 9.93. The fourth-order valence-electron chi connectivity index (χ4n) is 1.13. The van der Waals surface area contributed by atoms with Crippen molar-refractivity contribution in [3.8, 4) is 16.5 Å². The van der Waals surface area contributed by atoms with Gasteiger partial charge >= 0.3 is 0 Å². The Hall–Kier alpha value is -1.08. The molecule has 0 aliphatic carbocycles. The van der Waals surface area contributed by atoms with Gasteiger partial charge < -0.3 is 0 Å². The molecule has 2 aromatic rings. The average Bonchev–Trinajstić information content (AvgIpc) is 2.61. The fourth-order valence-corrected chi connectivity index (χ4v) is 2.34. The second-order valence-electron chi connectivity index (χ2n) is 2.79. The second-order valence-corrected chi connectivity index (χ2v) is 4.38. The Balaban J connectivity index is 2.51. The van der Waals surface area contributed by atoms with E-state index in [0.717, 1.165) is 10.4 Å². The van der Waals surface area contributed by atoms with Crippen molar-refractivity contribution >= 4 is 34.7 Å². The van der Waals surface area contributed by atoms with E-state index in [9.17, 15) is 0 Å². The topological polar surface area (TPSA) is 36.7 Å². The molecule has 0 fully saturated rings. The summed E-state index contributed by atoms with van der Waals surface area (Å²) in [4.78, 5) is 0.796. The van der Waals surface area contributed by atoms with Gasteiger partial charge in [-0.1, -0.05) is 35.3 Å². The zero-order valence-electron chi connectivity index (χ0n) is 7.37. The van der Waals surface area contributed by atoms with Crippen LogP contribution >= 0.6 is 34.7 Å². The van der Waals surface area contributed by atoms with Crippen molar-refractivity contribution in [1.29, 1.82) is 5.26 Å². The summed E-state index contributed by atoms with van der Waals surface area (Å²) in [6.07, 6.45) is 0. The first-order valence-corrected chi connectivity index (χ1v) is 5.56. The third-order valence-electron chi connectivity index (χ3n) is 1.85. The summed E-state index contributed by atoms with van der Waals surface area (Å²) >= 11 is 13.0. The Morgan fingerprint density at radius 2 is 1.87 bits per heavy atom. The monoisotopic (exact) mass is 254 g/mol. The maximum Gasteiger partial charge on any atom is 0.173 e. The van der Waals surface area contributed by atoms with Gasteiger partial charge in [-0.25, -0.2) is 0 Å². The van der Waals surface area contributed by atoms with Crippen LogP contribution in [0.4, 0.5) is 0 Å². The molecule has 0 unspecified atom stereocenters. The molecule has 0 aliphatic heterocycles. The Bertz CT molecular complexity index is 525. The van der Waals surface area contributed by atoms with E-state index in [1.165, 1.54) is 11.5 Å². The van der Waals surface area contributed by atoms with Gasteiger partial charge in [0.25, 0.3) is 0 Å². The molecule has 0 atom stereocenters. The summed E-state index contributed by atoms with van der Waals surface area (Å²) in [5.74, 6) is 0. The van der Waals surface area contributed by atoms with Gasteiger partial charge in [-0.2, -0.15) is 9.64 Å². The van der Waals surface area contributed by atoms with Crippen LogP contribution < -0.4 is 0 Å². The lowest BCUT2D eigenvalue weighted by molar-refractivity contribution is 1.41. The predicted molar refractivity (Wildman–Crippen MR) is 62.3 cm³/mol. The minimum Gasteiger partial charge on any atom is -0.191 e. The van der Waals surface area contributed by atoms with Crippen LogP contribution in [0.25, 0.3) is 10.4 Å². The molecule has 0 spiro atoms. The molecule has 2 rings (SSSR count). The quantitative estimate of drug-likeness (QED) is 0.772. The van der Waals surface area contributed by atoms with Gasteiger partial charge in [-0.15, -0.1) is 0 Å². The molecule has 0 saturated heterocycles. The van der Waals surface area contributed by atoms with Gasteiger partial charge in [0.1, 0.15) is 6.07 Å². The van der Waals surface area contributed by atoms with Gasteiger partial charge in [0.05, 0.1) is 9.90 Å². The van der Waals surface area contributed by atoms with Crippen LogP contribution in [0.3, 0.4) is 0 Å². The van der Waals surface area contributed by atoms with Crippen molar-refractivity contribution in [2.45, 2.75) is 0 Å². The average molecular weight is 255 g/mol. The van der Waals surface area contributed by atoms with Crippen molar-refractivity contribution in [1.82, 2.24) is 4.37 Å². The van der Waals surface area contributed by atoms with Crippen molar-refractivity contribution in [3.05, 3.63) is 40.0 Å². The molecule has 15 heavy (non-hydrogen) atoms. The van der Waals surface area contributed by atoms with Crippen molar-refractivity contribution in [2.75, 3.05) is 0 Å². The highest BCUT2D eigenvalue weighted by atomic mass is 35.5. The molecule has 1 heterocycles. The summed E-state index contributed by atoms with van der Waals surface area (Å²) in [6, 6.07) is 9.19. The molecule has 2 nitrogen and oxygen atoms in total. The molecular formula is C10H4Cl2N2S. The lowest BCUT2D eigenvalue weighted by Crippen LogP contribution is -1.74. The summed E-state index contributed by atoms with van der Waals surface area (Å²) in [7, 11) is 0. The van der Waals surface area contributed by atoms with Crippen LogP contribution in [0.5, 0.6) is 0 Å². The Morgan fingerprint density at radius 3 is 2.40 bits per heavy atom. The van der Waals surface area contributed by atoms with E-state index in [4.69, 9.17) is 28.5 Å². The van der Waals surface area contributed by atoms with E-state index in [1.54, 1.807) is 12.1 Å².